The molecule has 6 atom stereocenters. The zero-order valence-corrected chi connectivity index (χ0v) is 20.0. The van der Waals surface area contributed by atoms with Crippen LogP contribution in [0.1, 0.15) is 29.6 Å². The van der Waals surface area contributed by atoms with Crippen molar-refractivity contribution in [2.45, 2.75) is 43.9 Å². The fraction of sp³-hybridized carbons (Fsp3) is 0.708. The van der Waals surface area contributed by atoms with Gasteiger partial charge in [-0.15, -0.1) is 0 Å². The molecule has 5 rings (SSSR count). The summed E-state index contributed by atoms with van der Waals surface area (Å²) in [6, 6.07) is 7.73. The van der Waals surface area contributed by atoms with E-state index in [2.05, 4.69) is 37.0 Å². The van der Waals surface area contributed by atoms with Crippen molar-refractivity contribution in [3.8, 4) is 0 Å². The van der Waals surface area contributed by atoms with E-state index in [0.717, 1.165) is 64.3 Å². The van der Waals surface area contributed by atoms with Gasteiger partial charge in [-0.05, 0) is 50.6 Å². The number of anilines is 1. The lowest BCUT2D eigenvalue weighted by Gasteiger charge is -2.36. The second kappa shape index (κ2) is 11.3. The van der Waals surface area contributed by atoms with E-state index < -0.39 is 0 Å². The maximum absolute atomic E-state index is 12.8. The van der Waals surface area contributed by atoms with E-state index in [4.69, 9.17) is 9.47 Å². The Labute approximate surface area is 201 Å². The molecule has 188 valence electrons. The van der Waals surface area contributed by atoms with Gasteiger partial charge in [0.05, 0.1) is 25.0 Å². The van der Waals surface area contributed by atoms with Gasteiger partial charge in [-0.2, -0.15) is 0 Å². The monoisotopic (exact) mass is 473 g/mol. The smallest absolute Gasteiger partial charge is 0.251 e. The van der Waals surface area contributed by atoms with Gasteiger partial charge in [0.25, 0.3) is 5.91 Å². The number of fused-ring (bicyclic) bond motifs is 3. The summed E-state index contributed by atoms with van der Waals surface area (Å²) in [5, 5.41) is 13.4. The molecule has 0 radical (unpaired) electrons. The van der Waals surface area contributed by atoms with Gasteiger partial charge in [-0.3, -0.25) is 15.0 Å². The van der Waals surface area contributed by atoms with Crippen LogP contribution in [-0.4, -0.2) is 88.5 Å². The number of hydrogen-bond acceptors (Lipinski definition) is 9. The average molecular weight is 474 g/mol. The molecule has 0 aromatic heterocycles. The van der Waals surface area contributed by atoms with Gasteiger partial charge in [-0.1, -0.05) is 6.07 Å². The lowest BCUT2D eigenvalue weighted by molar-refractivity contribution is 0.00521. The molecule has 0 saturated carbocycles. The first-order chi connectivity index (χ1) is 16.7. The molecule has 6 unspecified atom stereocenters. The van der Waals surface area contributed by atoms with Gasteiger partial charge in [0.1, 0.15) is 6.23 Å². The number of nitrogens with one attached hydrogen (secondary N) is 6. The van der Waals surface area contributed by atoms with Crippen LogP contribution in [-0.2, 0) is 9.47 Å². The first-order valence-electron chi connectivity index (χ1n) is 12.7. The van der Waals surface area contributed by atoms with Crippen molar-refractivity contribution >= 4 is 11.6 Å². The molecule has 4 aliphatic rings. The van der Waals surface area contributed by atoms with Gasteiger partial charge in [0.15, 0.2) is 0 Å². The number of benzene rings is 1. The van der Waals surface area contributed by atoms with Crippen molar-refractivity contribution in [1.82, 2.24) is 31.7 Å². The Bertz CT molecular complexity index is 828. The molecule has 0 spiro atoms. The molecule has 10 nitrogen and oxygen atoms in total. The number of piperidine rings is 2. The number of methoxy groups -OCH3 is 1. The third kappa shape index (κ3) is 5.38. The van der Waals surface area contributed by atoms with Crippen molar-refractivity contribution < 1.29 is 14.3 Å². The van der Waals surface area contributed by atoms with Gasteiger partial charge in [0.2, 0.25) is 0 Å². The fourth-order valence-electron chi connectivity index (χ4n) is 5.78. The van der Waals surface area contributed by atoms with E-state index in [1.807, 2.05) is 24.3 Å². The van der Waals surface area contributed by atoms with Gasteiger partial charge in [-0.25, -0.2) is 10.9 Å². The SMILES string of the molecule is COC1NCCCC1CNC(=O)c1cccc(NCC2NNC3C4CCNCC4OCCN23)c1. The first-order valence-corrected chi connectivity index (χ1v) is 12.7. The molecule has 1 aromatic rings. The average Bonchev–Trinajstić information content (AvgIpc) is 3.19. The predicted octanol–water partition coefficient (Wildman–Crippen LogP) is -0.129. The quantitative estimate of drug-likeness (QED) is 0.323. The highest BCUT2D eigenvalue weighted by Crippen LogP contribution is 2.28. The number of nitrogens with zero attached hydrogens (tertiary/aromatic N) is 1. The Kier molecular flexibility index (Phi) is 7.95. The van der Waals surface area contributed by atoms with Crippen molar-refractivity contribution in [1.29, 1.82) is 0 Å². The topological polar surface area (TPSA) is 111 Å². The van der Waals surface area contributed by atoms with E-state index >= 15 is 0 Å². The normalized spacial score (nSPS) is 34.0. The highest BCUT2D eigenvalue weighted by molar-refractivity contribution is 5.95. The highest BCUT2D eigenvalue weighted by atomic mass is 16.5. The summed E-state index contributed by atoms with van der Waals surface area (Å²) >= 11 is 0. The molecule has 4 aliphatic heterocycles. The van der Waals surface area contributed by atoms with E-state index in [1.54, 1.807) is 7.11 Å². The van der Waals surface area contributed by atoms with Crippen molar-refractivity contribution in [3.05, 3.63) is 29.8 Å². The van der Waals surface area contributed by atoms with Crippen LogP contribution in [0.25, 0.3) is 0 Å². The molecular formula is C24H39N7O3. The Balaban J connectivity index is 1.14. The fourth-order valence-corrected chi connectivity index (χ4v) is 5.78. The van der Waals surface area contributed by atoms with Crippen LogP contribution in [0, 0.1) is 11.8 Å². The Hall–Kier alpha value is -1.79. The number of amides is 1. The van der Waals surface area contributed by atoms with Crippen LogP contribution in [0.4, 0.5) is 5.69 Å². The first kappa shape index (κ1) is 23.9. The van der Waals surface area contributed by atoms with Gasteiger partial charge >= 0.3 is 0 Å². The molecule has 4 saturated heterocycles. The Morgan fingerprint density at radius 1 is 1.24 bits per heavy atom. The lowest BCUT2D eigenvalue weighted by atomic mass is 9.91. The van der Waals surface area contributed by atoms with E-state index in [9.17, 15) is 4.79 Å². The van der Waals surface area contributed by atoms with Crippen LogP contribution in [0.2, 0.25) is 0 Å². The van der Waals surface area contributed by atoms with Gasteiger partial charge in [0, 0.05) is 56.4 Å². The maximum atomic E-state index is 12.8. The minimum atomic E-state index is -0.0496. The minimum absolute atomic E-state index is 0.00272. The van der Waals surface area contributed by atoms with E-state index in [0.29, 0.717) is 18.0 Å². The predicted molar refractivity (Wildman–Crippen MR) is 130 cm³/mol. The maximum Gasteiger partial charge on any atom is 0.251 e. The Morgan fingerprint density at radius 2 is 2.18 bits per heavy atom. The molecular weight excluding hydrogens is 434 g/mol. The minimum Gasteiger partial charge on any atom is -0.382 e. The number of ether oxygens (including phenoxy) is 2. The van der Waals surface area contributed by atoms with E-state index in [-0.39, 0.29) is 36.5 Å². The second-order valence-electron chi connectivity index (χ2n) is 9.74. The summed E-state index contributed by atoms with van der Waals surface area (Å²) in [6.07, 6.45) is 3.97. The number of carbonyl (C=O) groups excluding carboxylic acids is 1. The summed E-state index contributed by atoms with van der Waals surface area (Å²) in [5.74, 6) is 0.715. The molecule has 1 amide bonds. The van der Waals surface area contributed by atoms with Crippen LogP contribution in [0.15, 0.2) is 24.3 Å². The second-order valence-corrected chi connectivity index (χ2v) is 9.74. The van der Waals surface area contributed by atoms with Crippen LogP contribution >= 0.6 is 0 Å². The molecule has 10 heteroatoms. The summed E-state index contributed by atoms with van der Waals surface area (Å²) in [5.41, 5.74) is 8.60. The number of hydrazine groups is 1. The largest absolute Gasteiger partial charge is 0.382 e. The number of hydrogen-bond donors (Lipinski definition) is 6. The van der Waals surface area contributed by atoms with Crippen LogP contribution in [0.5, 0.6) is 0 Å². The summed E-state index contributed by atoms with van der Waals surface area (Å²) in [6.45, 7) is 5.91. The molecule has 4 heterocycles. The van der Waals surface area contributed by atoms with Crippen molar-refractivity contribution in [3.63, 3.8) is 0 Å². The number of rotatable bonds is 7. The van der Waals surface area contributed by atoms with E-state index in [1.165, 1.54) is 0 Å². The number of carbonyl (C=O) groups is 1. The van der Waals surface area contributed by atoms with Crippen molar-refractivity contribution in [2.24, 2.45) is 11.8 Å². The molecule has 0 aliphatic carbocycles. The van der Waals surface area contributed by atoms with Crippen LogP contribution in [0.3, 0.4) is 0 Å². The van der Waals surface area contributed by atoms with Crippen molar-refractivity contribution in [2.75, 3.05) is 58.3 Å². The summed E-state index contributed by atoms with van der Waals surface area (Å²) in [4.78, 5) is 15.3. The lowest BCUT2D eigenvalue weighted by Crippen LogP contribution is -2.52. The summed E-state index contributed by atoms with van der Waals surface area (Å²) in [7, 11) is 1.72. The highest BCUT2D eigenvalue weighted by Gasteiger charge is 2.43. The van der Waals surface area contributed by atoms with Gasteiger partial charge < -0.3 is 25.4 Å². The third-order valence-corrected chi connectivity index (χ3v) is 7.65. The molecule has 34 heavy (non-hydrogen) atoms. The molecule has 6 N–H and O–H groups in total. The molecule has 4 fully saturated rings. The van der Waals surface area contributed by atoms with Crippen LogP contribution < -0.4 is 32.1 Å². The Morgan fingerprint density at radius 3 is 3.09 bits per heavy atom. The zero-order valence-electron chi connectivity index (χ0n) is 20.0. The summed E-state index contributed by atoms with van der Waals surface area (Å²) < 4.78 is 11.6. The molecule has 0 bridgehead atoms. The molecule has 1 aromatic carbocycles. The third-order valence-electron chi connectivity index (χ3n) is 7.65. The standard InChI is InChI=1S/C24H39N7O3/c1-33-24-17(5-3-8-26-24)13-28-23(32)16-4-2-6-18(12-16)27-15-21-29-30-22-19-7-9-25-14-20(19)34-11-10-31(21)22/h2,4,6,12,17,19-22,24-27,29-30H,3,5,7-11,13-15H2,1H3,(H,28,32). The zero-order chi connectivity index (χ0) is 23.3.